The lowest BCUT2D eigenvalue weighted by Crippen LogP contribution is -2.49. The van der Waals surface area contributed by atoms with Gasteiger partial charge in [0, 0.05) is 44.3 Å². The van der Waals surface area contributed by atoms with Crippen LogP contribution >= 0.6 is 0 Å². The number of hydrogen-bond acceptors (Lipinski definition) is 6. The minimum Gasteiger partial charge on any atom is -0.487 e. The van der Waals surface area contributed by atoms with Crippen LogP contribution in [0.15, 0.2) is 23.1 Å². The van der Waals surface area contributed by atoms with Gasteiger partial charge in [0.1, 0.15) is 23.4 Å². The van der Waals surface area contributed by atoms with E-state index in [2.05, 4.69) is 23.8 Å². The summed E-state index contributed by atoms with van der Waals surface area (Å²) >= 11 is 0. The molecule has 1 fully saturated rings. The van der Waals surface area contributed by atoms with Gasteiger partial charge in [-0.2, -0.15) is 4.31 Å². The molecule has 2 aliphatic rings. The summed E-state index contributed by atoms with van der Waals surface area (Å²) in [6.45, 7) is 5.81. The number of nitrogens with zero attached hydrogens (tertiary/aromatic N) is 2. The lowest BCUT2D eigenvalue weighted by molar-refractivity contribution is 0.0740. The van der Waals surface area contributed by atoms with Gasteiger partial charge in [0.15, 0.2) is 0 Å². The predicted molar refractivity (Wildman–Crippen MR) is 119 cm³/mol. The minimum atomic E-state index is -3.83. The van der Waals surface area contributed by atoms with Crippen LogP contribution in [0.3, 0.4) is 0 Å². The Labute approximate surface area is 186 Å². The SMILES string of the molecule is COCC#Cc1ccc2c(c1)O[C@H](CN(C)CC1CC1)[C@H](C)CN([C@@H](C)CO)S2(=O)=O. The fourth-order valence-electron chi connectivity index (χ4n) is 3.85. The number of ether oxygens (including phenoxy) is 2. The van der Waals surface area contributed by atoms with E-state index in [1.807, 2.05) is 6.92 Å². The fourth-order valence-corrected chi connectivity index (χ4v) is 5.68. The molecule has 0 unspecified atom stereocenters. The van der Waals surface area contributed by atoms with E-state index in [0.29, 0.717) is 31.0 Å². The first-order valence-corrected chi connectivity index (χ1v) is 12.3. The van der Waals surface area contributed by atoms with E-state index < -0.39 is 16.1 Å². The van der Waals surface area contributed by atoms with Gasteiger partial charge >= 0.3 is 0 Å². The van der Waals surface area contributed by atoms with Crippen molar-refractivity contribution >= 4 is 10.0 Å². The second-order valence-electron chi connectivity index (χ2n) is 8.80. The highest BCUT2D eigenvalue weighted by atomic mass is 32.2. The summed E-state index contributed by atoms with van der Waals surface area (Å²) in [6, 6.07) is 4.41. The molecule has 0 radical (unpaired) electrons. The Balaban J connectivity index is 1.98. The molecular formula is C23H34N2O5S. The zero-order chi connectivity index (χ0) is 22.6. The summed E-state index contributed by atoms with van der Waals surface area (Å²) < 4.78 is 39.6. The summed E-state index contributed by atoms with van der Waals surface area (Å²) in [5.74, 6) is 6.91. The Kier molecular flexibility index (Phi) is 8.00. The van der Waals surface area contributed by atoms with Crippen LogP contribution in [-0.2, 0) is 14.8 Å². The summed E-state index contributed by atoms with van der Waals surface area (Å²) in [5, 5.41) is 9.72. The van der Waals surface area contributed by atoms with Crippen molar-refractivity contribution in [2.75, 3.05) is 47.0 Å². The number of fused-ring (bicyclic) bond motifs is 1. The smallest absolute Gasteiger partial charge is 0.247 e. The van der Waals surface area contributed by atoms with Crippen LogP contribution in [0, 0.1) is 23.7 Å². The van der Waals surface area contributed by atoms with Gasteiger partial charge < -0.3 is 19.5 Å². The van der Waals surface area contributed by atoms with E-state index in [0.717, 1.165) is 12.5 Å². The topological polar surface area (TPSA) is 79.3 Å². The molecule has 8 heteroatoms. The van der Waals surface area contributed by atoms with Crippen molar-refractivity contribution in [2.45, 2.75) is 43.7 Å². The van der Waals surface area contributed by atoms with Gasteiger partial charge in [0.2, 0.25) is 10.0 Å². The van der Waals surface area contributed by atoms with Crippen LogP contribution < -0.4 is 4.74 Å². The highest BCUT2D eigenvalue weighted by molar-refractivity contribution is 7.89. The predicted octanol–water partition coefficient (Wildman–Crippen LogP) is 1.79. The molecule has 1 aromatic rings. The largest absolute Gasteiger partial charge is 0.487 e. The number of rotatable bonds is 7. The maximum atomic E-state index is 13.4. The van der Waals surface area contributed by atoms with Crippen molar-refractivity contribution in [1.29, 1.82) is 0 Å². The quantitative estimate of drug-likeness (QED) is 0.638. The minimum absolute atomic E-state index is 0.0539. The molecule has 1 heterocycles. The summed E-state index contributed by atoms with van der Waals surface area (Å²) in [7, 11) is -0.164. The average molecular weight is 451 g/mol. The van der Waals surface area contributed by atoms with E-state index in [-0.39, 0.29) is 23.5 Å². The highest BCUT2D eigenvalue weighted by Gasteiger charge is 2.38. The number of methoxy groups -OCH3 is 1. The monoisotopic (exact) mass is 450 g/mol. The molecule has 172 valence electrons. The molecule has 1 aliphatic heterocycles. The van der Waals surface area contributed by atoms with Crippen molar-refractivity contribution in [3.63, 3.8) is 0 Å². The normalized spacial score (nSPS) is 24.3. The maximum absolute atomic E-state index is 13.4. The molecule has 3 atom stereocenters. The number of benzene rings is 1. The van der Waals surface area contributed by atoms with E-state index in [4.69, 9.17) is 9.47 Å². The lowest BCUT2D eigenvalue weighted by Gasteiger charge is -2.37. The Morgan fingerprint density at radius 3 is 2.74 bits per heavy atom. The molecule has 0 saturated heterocycles. The van der Waals surface area contributed by atoms with Crippen LogP contribution in [-0.4, -0.2) is 81.9 Å². The molecule has 0 aromatic heterocycles. The third-order valence-corrected chi connectivity index (χ3v) is 7.89. The highest BCUT2D eigenvalue weighted by Crippen LogP contribution is 2.35. The zero-order valence-electron chi connectivity index (χ0n) is 18.9. The Morgan fingerprint density at radius 1 is 1.35 bits per heavy atom. The van der Waals surface area contributed by atoms with Crippen LogP contribution in [0.5, 0.6) is 5.75 Å². The molecule has 1 aliphatic carbocycles. The van der Waals surface area contributed by atoms with Crippen molar-refractivity contribution in [3.8, 4) is 17.6 Å². The number of aliphatic hydroxyl groups excluding tert-OH is 1. The number of likely N-dealkylation sites (N-methyl/N-ethyl adjacent to an activating group) is 1. The summed E-state index contributed by atoms with van der Waals surface area (Å²) in [6.07, 6.45) is 2.36. The average Bonchev–Trinajstić information content (AvgIpc) is 3.54. The second-order valence-corrected chi connectivity index (χ2v) is 10.7. The molecular weight excluding hydrogens is 416 g/mol. The van der Waals surface area contributed by atoms with E-state index in [9.17, 15) is 13.5 Å². The zero-order valence-corrected chi connectivity index (χ0v) is 19.7. The molecule has 0 amide bonds. The van der Waals surface area contributed by atoms with Crippen molar-refractivity contribution in [1.82, 2.24) is 9.21 Å². The van der Waals surface area contributed by atoms with Crippen LogP contribution in [0.4, 0.5) is 0 Å². The number of hydrogen-bond donors (Lipinski definition) is 1. The Morgan fingerprint density at radius 2 is 2.10 bits per heavy atom. The van der Waals surface area contributed by atoms with Gasteiger partial charge in [-0.3, -0.25) is 0 Å². The standard InChI is InChI=1S/C23H34N2O5S/c1-17-13-25(18(2)16-26)31(27,28)23-10-9-19(6-5-11-29-4)12-21(23)30-22(17)15-24(3)14-20-7-8-20/h9-10,12,17-18,20,22,26H,7-8,11,13-16H2,1-4H3/t17-,18+,22-/m1/s1. The van der Waals surface area contributed by atoms with Crippen molar-refractivity contribution in [2.24, 2.45) is 11.8 Å². The van der Waals surface area contributed by atoms with Gasteiger partial charge in [-0.25, -0.2) is 8.42 Å². The van der Waals surface area contributed by atoms with E-state index in [1.54, 1.807) is 32.2 Å². The van der Waals surface area contributed by atoms with Gasteiger partial charge in [-0.05, 0) is 50.9 Å². The van der Waals surface area contributed by atoms with Crippen molar-refractivity contribution in [3.05, 3.63) is 23.8 Å². The Bertz CT molecular complexity index is 920. The fraction of sp³-hybridized carbons (Fsp3) is 0.652. The third kappa shape index (κ3) is 5.99. The van der Waals surface area contributed by atoms with Gasteiger partial charge in [0.25, 0.3) is 0 Å². The third-order valence-electron chi connectivity index (χ3n) is 5.87. The van der Waals surface area contributed by atoms with Gasteiger partial charge in [0.05, 0.1) is 6.61 Å². The van der Waals surface area contributed by atoms with Gasteiger partial charge in [-0.1, -0.05) is 18.8 Å². The first-order chi connectivity index (χ1) is 14.8. The van der Waals surface area contributed by atoms with Gasteiger partial charge in [-0.15, -0.1) is 0 Å². The maximum Gasteiger partial charge on any atom is 0.247 e. The van der Waals surface area contributed by atoms with Crippen LogP contribution in [0.2, 0.25) is 0 Å². The molecule has 31 heavy (non-hydrogen) atoms. The van der Waals surface area contributed by atoms with Crippen LogP contribution in [0.1, 0.15) is 32.3 Å². The molecule has 0 bridgehead atoms. The second kappa shape index (κ2) is 10.3. The summed E-state index contributed by atoms with van der Waals surface area (Å²) in [4.78, 5) is 2.39. The number of aliphatic hydroxyl groups is 1. The van der Waals surface area contributed by atoms with Crippen LogP contribution in [0.25, 0.3) is 0 Å². The summed E-state index contributed by atoms with van der Waals surface area (Å²) in [5.41, 5.74) is 0.672. The number of sulfonamides is 1. The Hall–Kier alpha value is -1.63. The van der Waals surface area contributed by atoms with E-state index >= 15 is 0 Å². The molecule has 3 rings (SSSR count). The molecule has 7 nitrogen and oxygen atoms in total. The van der Waals surface area contributed by atoms with Crippen molar-refractivity contribution < 1.29 is 23.0 Å². The molecule has 1 saturated carbocycles. The first-order valence-electron chi connectivity index (χ1n) is 10.9. The molecule has 1 aromatic carbocycles. The van der Waals surface area contributed by atoms with E-state index in [1.165, 1.54) is 17.1 Å². The lowest BCUT2D eigenvalue weighted by atomic mass is 10.0. The molecule has 1 N–H and O–H groups in total. The first kappa shape index (κ1) is 24.0. The molecule has 0 spiro atoms.